The summed E-state index contributed by atoms with van der Waals surface area (Å²) in [5, 5.41) is 2.55. The van der Waals surface area contributed by atoms with Crippen LogP contribution in [0.1, 0.15) is 36.2 Å². The number of ether oxygens (including phenoxy) is 1. The second kappa shape index (κ2) is 11.3. The van der Waals surface area contributed by atoms with Crippen LogP contribution in [0.3, 0.4) is 0 Å². The van der Waals surface area contributed by atoms with E-state index in [0.717, 1.165) is 10.7 Å². The van der Waals surface area contributed by atoms with Crippen LogP contribution in [0, 0.1) is 18.8 Å². The number of sulfonamides is 2. The van der Waals surface area contributed by atoms with Crippen molar-refractivity contribution < 1.29 is 31.2 Å². The second-order valence-corrected chi connectivity index (χ2v) is 13.8. The minimum atomic E-state index is -3.79. The number of nitrogens with zero attached hydrogens (tertiary/aromatic N) is 2. The number of hydrogen-bond acceptors (Lipinski definition) is 7. The van der Waals surface area contributed by atoms with Crippen LogP contribution in [0.5, 0.6) is 0 Å². The predicted octanol–water partition coefficient (Wildman–Crippen LogP) is 2.71. The Morgan fingerprint density at radius 3 is 2.27 bits per heavy atom. The first-order chi connectivity index (χ1) is 17.2. The van der Waals surface area contributed by atoms with Crippen LogP contribution in [-0.2, 0) is 29.6 Å². The van der Waals surface area contributed by atoms with Crippen LogP contribution >= 0.6 is 0 Å². The van der Waals surface area contributed by atoms with Crippen molar-refractivity contribution in [1.29, 1.82) is 0 Å². The molecule has 0 aliphatic carbocycles. The summed E-state index contributed by atoms with van der Waals surface area (Å²) in [6.07, 6.45) is 0.954. The maximum atomic E-state index is 13.2. The highest BCUT2D eigenvalue weighted by atomic mass is 32.2. The monoisotopic (exact) mass is 551 g/mol. The smallest absolute Gasteiger partial charge is 0.338 e. The van der Waals surface area contributed by atoms with Gasteiger partial charge in [-0.05, 0) is 61.1 Å². The first-order valence-corrected chi connectivity index (χ1v) is 14.7. The van der Waals surface area contributed by atoms with Gasteiger partial charge in [0.2, 0.25) is 20.0 Å². The van der Waals surface area contributed by atoms with Gasteiger partial charge in [0.15, 0.2) is 6.61 Å². The summed E-state index contributed by atoms with van der Waals surface area (Å²) in [6, 6.07) is 9.89. The standard InChI is InChI=1S/C25H33N3O7S2/c1-17-11-18(2)15-28(14-17)37(33,34)21-8-6-7-20(12-21)25(30)35-16-24(29)26-23-13-22(10-9-19(23)3)36(31,32)27(4)5/h6-10,12-13,17-18H,11,14-16H2,1-5H3,(H,26,29). The van der Waals surface area contributed by atoms with E-state index >= 15 is 0 Å². The summed E-state index contributed by atoms with van der Waals surface area (Å²) in [7, 11) is -4.68. The van der Waals surface area contributed by atoms with Crippen LogP contribution < -0.4 is 5.32 Å². The number of rotatable bonds is 8. The lowest BCUT2D eigenvalue weighted by Gasteiger charge is -2.34. The van der Waals surface area contributed by atoms with E-state index in [1.54, 1.807) is 13.0 Å². The van der Waals surface area contributed by atoms with E-state index in [9.17, 15) is 26.4 Å². The number of aryl methyl sites for hydroxylation is 1. The molecule has 2 atom stereocenters. The van der Waals surface area contributed by atoms with Crippen molar-refractivity contribution in [3.05, 3.63) is 53.6 Å². The Labute approximate surface area is 218 Å². The van der Waals surface area contributed by atoms with E-state index in [1.165, 1.54) is 54.8 Å². The van der Waals surface area contributed by atoms with Crippen molar-refractivity contribution in [2.45, 2.75) is 37.0 Å². The molecule has 1 amide bonds. The molecule has 3 rings (SSSR count). The number of esters is 1. The largest absolute Gasteiger partial charge is 0.452 e. The molecule has 1 saturated heterocycles. The average Bonchev–Trinajstić information content (AvgIpc) is 2.83. The Balaban J connectivity index is 1.68. The maximum absolute atomic E-state index is 13.2. The molecule has 2 aromatic carbocycles. The van der Waals surface area contributed by atoms with Crippen molar-refractivity contribution in [2.24, 2.45) is 11.8 Å². The molecular formula is C25H33N3O7S2. The fourth-order valence-electron chi connectivity index (χ4n) is 4.24. The van der Waals surface area contributed by atoms with Gasteiger partial charge in [-0.1, -0.05) is 26.0 Å². The SMILES string of the molecule is Cc1ccc(S(=O)(=O)N(C)C)cc1NC(=O)COC(=O)c1cccc(S(=O)(=O)N2CC(C)CC(C)C2)c1. The van der Waals surface area contributed by atoms with E-state index in [0.29, 0.717) is 18.7 Å². The predicted molar refractivity (Wildman–Crippen MR) is 139 cm³/mol. The lowest BCUT2D eigenvalue weighted by Crippen LogP contribution is -2.42. The van der Waals surface area contributed by atoms with Crippen molar-refractivity contribution in [3.63, 3.8) is 0 Å². The maximum Gasteiger partial charge on any atom is 0.338 e. The third-order valence-corrected chi connectivity index (χ3v) is 9.78. The second-order valence-electron chi connectivity index (χ2n) is 9.68. The Morgan fingerprint density at radius 2 is 1.65 bits per heavy atom. The van der Waals surface area contributed by atoms with Crippen LogP contribution in [0.15, 0.2) is 52.3 Å². The lowest BCUT2D eigenvalue weighted by atomic mass is 9.94. The van der Waals surface area contributed by atoms with Gasteiger partial charge >= 0.3 is 5.97 Å². The van der Waals surface area contributed by atoms with Crippen LogP contribution in [0.2, 0.25) is 0 Å². The van der Waals surface area contributed by atoms with Crippen molar-refractivity contribution in [1.82, 2.24) is 8.61 Å². The topological polar surface area (TPSA) is 130 Å². The number of piperidine rings is 1. The molecule has 1 aliphatic heterocycles. The highest BCUT2D eigenvalue weighted by Gasteiger charge is 2.32. The third-order valence-electron chi connectivity index (χ3n) is 6.14. The highest BCUT2D eigenvalue weighted by Crippen LogP contribution is 2.27. The molecule has 37 heavy (non-hydrogen) atoms. The summed E-state index contributed by atoms with van der Waals surface area (Å²) < 4.78 is 58.7. The number of nitrogens with one attached hydrogen (secondary N) is 1. The molecule has 12 heteroatoms. The zero-order valence-electron chi connectivity index (χ0n) is 21.6. The molecule has 1 N–H and O–H groups in total. The number of amides is 1. The Kier molecular flexibility index (Phi) is 8.78. The van der Waals surface area contributed by atoms with Crippen molar-refractivity contribution >= 4 is 37.6 Å². The van der Waals surface area contributed by atoms with Gasteiger partial charge in [-0.25, -0.2) is 25.9 Å². The summed E-state index contributed by atoms with van der Waals surface area (Å²) >= 11 is 0. The van der Waals surface area contributed by atoms with Gasteiger partial charge in [-0.15, -0.1) is 0 Å². The first kappa shape index (κ1) is 28.8. The van der Waals surface area contributed by atoms with E-state index in [2.05, 4.69) is 5.32 Å². The molecule has 0 radical (unpaired) electrons. The fourth-order valence-corrected chi connectivity index (χ4v) is 6.90. The minimum Gasteiger partial charge on any atom is -0.452 e. The first-order valence-electron chi connectivity index (χ1n) is 11.8. The van der Waals surface area contributed by atoms with Crippen LogP contribution in [0.25, 0.3) is 0 Å². The molecule has 202 valence electrons. The van der Waals surface area contributed by atoms with Gasteiger partial charge in [0, 0.05) is 32.9 Å². The Morgan fingerprint density at radius 1 is 1.00 bits per heavy atom. The Hall–Kier alpha value is -2.80. The van der Waals surface area contributed by atoms with Crippen molar-refractivity contribution in [3.8, 4) is 0 Å². The highest BCUT2D eigenvalue weighted by molar-refractivity contribution is 7.89. The van der Waals surface area contributed by atoms with Gasteiger partial charge in [-0.2, -0.15) is 4.31 Å². The number of carbonyl (C=O) groups is 2. The summed E-state index contributed by atoms with van der Waals surface area (Å²) in [5.41, 5.74) is 0.890. The molecule has 0 saturated carbocycles. The number of benzene rings is 2. The summed E-state index contributed by atoms with van der Waals surface area (Å²) in [5.74, 6) is -1.06. The zero-order valence-corrected chi connectivity index (χ0v) is 23.2. The third kappa shape index (κ3) is 6.75. The fraction of sp³-hybridized carbons (Fsp3) is 0.440. The molecule has 1 heterocycles. The van der Waals surface area contributed by atoms with E-state index in [1.807, 2.05) is 13.8 Å². The molecule has 0 aromatic heterocycles. The van der Waals surface area contributed by atoms with E-state index in [4.69, 9.17) is 4.74 Å². The van der Waals surface area contributed by atoms with Crippen molar-refractivity contribution in [2.75, 3.05) is 39.1 Å². The van der Waals surface area contributed by atoms with Crippen LogP contribution in [0.4, 0.5) is 5.69 Å². The number of hydrogen-bond donors (Lipinski definition) is 1. The average molecular weight is 552 g/mol. The molecule has 2 aromatic rings. The molecule has 0 bridgehead atoms. The minimum absolute atomic E-state index is 0.00207. The molecule has 1 aliphatic rings. The molecule has 0 spiro atoms. The van der Waals surface area contributed by atoms with Gasteiger partial charge in [-0.3, -0.25) is 4.79 Å². The summed E-state index contributed by atoms with van der Waals surface area (Å²) in [6.45, 7) is 5.91. The quantitative estimate of drug-likeness (QED) is 0.499. The zero-order chi connectivity index (χ0) is 27.5. The summed E-state index contributed by atoms with van der Waals surface area (Å²) in [4.78, 5) is 25.0. The van der Waals surface area contributed by atoms with Gasteiger partial charge in [0.1, 0.15) is 0 Å². The van der Waals surface area contributed by atoms with Crippen LogP contribution in [-0.4, -0.2) is 71.1 Å². The van der Waals surface area contributed by atoms with Gasteiger partial charge < -0.3 is 10.1 Å². The molecule has 10 nitrogen and oxygen atoms in total. The number of carbonyl (C=O) groups excluding carboxylic acids is 2. The Bertz CT molecular complexity index is 1380. The van der Waals surface area contributed by atoms with Gasteiger partial charge in [0.05, 0.1) is 15.4 Å². The molecular weight excluding hydrogens is 518 g/mol. The lowest BCUT2D eigenvalue weighted by molar-refractivity contribution is -0.119. The van der Waals surface area contributed by atoms with E-state index < -0.39 is 38.5 Å². The molecule has 2 unspecified atom stereocenters. The molecule has 1 fully saturated rings. The van der Waals surface area contributed by atoms with E-state index in [-0.39, 0.29) is 32.9 Å². The van der Waals surface area contributed by atoms with Gasteiger partial charge in [0.25, 0.3) is 5.91 Å². The number of anilines is 1. The normalized spacial score (nSPS) is 19.0.